The molecule has 1 unspecified atom stereocenters. The molecular weight excluding hydrogens is 605 g/mol. The number of sulfonamides is 1. The summed E-state index contributed by atoms with van der Waals surface area (Å²) in [6.07, 6.45) is 5.53. The van der Waals surface area contributed by atoms with Gasteiger partial charge in [-0.15, -0.1) is 4.40 Å². The monoisotopic (exact) mass is 635 g/mol. The Kier molecular flexibility index (Phi) is 11.1. The highest BCUT2D eigenvalue weighted by Gasteiger charge is 2.32. The highest BCUT2D eigenvalue weighted by Crippen LogP contribution is 2.30. The van der Waals surface area contributed by atoms with Crippen molar-refractivity contribution < 1.29 is 13.2 Å². The standard InChI is InChI=1S/C32H31Cl2N5O3S/c1-23(8-6-20-35-2)30(40)11-7-21-36-32(38-43(41,42)28-18-16-27(34)17-19-28)39-22-29(24-9-4-3-5-10-24)31(37-39)25-12-14-26(33)15-13-25/h3-6,8-10,12-20,29H,2,7,11,21-22H2,1H3,(H,36,38)/b20-6-,23-8+. The first kappa shape index (κ1) is 31.9. The summed E-state index contributed by atoms with van der Waals surface area (Å²) in [5.41, 5.74) is 3.21. The number of Topliss-reactive ketones (excluding diaryl/α,β-unsaturated/α-hetero) is 1. The lowest BCUT2D eigenvalue weighted by Gasteiger charge is -2.19. The molecule has 0 bridgehead atoms. The van der Waals surface area contributed by atoms with Crippen LogP contribution < -0.4 is 5.32 Å². The van der Waals surface area contributed by atoms with Crippen molar-refractivity contribution in [1.82, 2.24) is 10.3 Å². The lowest BCUT2D eigenvalue weighted by Crippen LogP contribution is -2.39. The predicted octanol–water partition coefficient (Wildman–Crippen LogP) is 6.64. The molecule has 3 aromatic rings. The molecule has 1 N–H and O–H groups in total. The third-order valence-electron chi connectivity index (χ3n) is 6.66. The van der Waals surface area contributed by atoms with Crippen LogP contribution in [0.1, 0.15) is 36.8 Å². The number of halogens is 2. The largest absolute Gasteiger partial charge is 0.354 e. The number of nitrogens with zero attached hydrogens (tertiary/aromatic N) is 4. The molecule has 43 heavy (non-hydrogen) atoms. The van der Waals surface area contributed by atoms with Crippen LogP contribution in [0.5, 0.6) is 0 Å². The molecule has 11 heteroatoms. The highest BCUT2D eigenvalue weighted by molar-refractivity contribution is 7.90. The van der Waals surface area contributed by atoms with Crippen molar-refractivity contribution >= 4 is 57.4 Å². The van der Waals surface area contributed by atoms with Gasteiger partial charge in [0.1, 0.15) is 0 Å². The SMILES string of the molecule is C=N/C=C\C=C(/C)C(=O)CCCN/C(=N/S(=O)(=O)c1ccc(Cl)cc1)N1CC(c2ccccc2)C(c2ccc(Cl)cc2)=N1. The first-order chi connectivity index (χ1) is 20.7. The first-order valence-electron chi connectivity index (χ1n) is 13.5. The van der Waals surface area contributed by atoms with E-state index in [1.54, 1.807) is 36.2 Å². The maximum Gasteiger partial charge on any atom is 0.285 e. The van der Waals surface area contributed by atoms with Gasteiger partial charge in [0.25, 0.3) is 10.0 Å². The maximum atomic E-state index is 13.4. The van der Waals surface area contributed by atoms with E-state index in [0.29, 0.717) is 28.6 Å². The average molecular weight is 637 g/mol. The van der Waals surface area contributed by atoms with Crippen molar-refractivity contribution in [2.45, 2.75) is 30.6 Å². The topological polar surface area (TPSA) is 104 Å². The molecule has 222 valence electrons. The molecule has 0 spiro atoms. The third-order valence-corrected chi connectivity index (χ3v) is 8.44. The Labute approximate surface area is 262 Å². The smallest absolute Gasteiger partial charge is 0.285 e. The Morgan fingerprint density at radius 1 is 1.05 bits per heavy atom. The van der Waals surface area contributed by atoms with E-state index in [1.807, 2.05) is 42.5 Å². The van der Waals surface area contributed by atoms with Gasteiger partial charge >= 0.3 is 0 Å². The fourth-order valence-electron chi connectivity index (χ4n) is 4.39. The average Bonchev–Trinajstić information content (AvgIpc) is 3.45. The molecule has 0 saturated heterocycles. The van der Waals surface area contributed by atoms with Crippen LogP contribution >= 0.6 is 23.2 Å². The highest BCUT2D eigenvalue weighted by atomic mass is 35.5. The number of guanidine groups is 1. The second kappa shape index (κ2) is 14.9. The van der Waals surface area contributed by atoms with Crippen LogP contribution in [0.4, 0.5) is 0 Å². The van der Waals surface area contributed by atoms with E-state index in [4.69, 9.17) is 28.3 Å². The van der Waals surface area contributed by atoms with Crippen LogP contribution in [-0.4, -0.2) is 50.7 Å². The number of hydrogen-bond donors (Lipinski definition) is 1. The normalized spacial score (nSPS) is 15.9. The van der Waals surface area contributed by atoms with Crippen LogP contribution in [0.3, 0.4) is 0 Å². The van der Waals surface area contributed by atoms with E-state index in [2.05, 4.69) is 21.4 Å². The molecule has 1 heterocycles. The molecule has 1 atom stereocenters. The zero-order chi connectivity index (χ0) is 30.8. The maximum absolute atomic E-state index is 13.4. The lowest BCUT2D eigenvalue weighted by molar-refractivity contribution is -0.115. The Bertz CT molecular complexity index is 1670. The predicted molar refractivity (Wildman–Crippen MR) is 175 cm³/mol. The van der Waals surface area contributed by atoms with E-state index < -0.39 is 10.0 Å². The lowest BCUT2D eigenvalue weighted by atomic mass is 9.91. The molecule has 4 rings (SSSR count). The minimum Gasteiger partial charge on any atom is -0.354 e. The minimum atomic E-state index is -4.12. The summed E-state index contributed by atoms with van der Waals surface area (Å²) in [5.74, 6) is -0.143. The van der Waals surface area contributed by atoms with Gasteiger partial charge in [0, 0.05) is 35.1 Å². The fourth-order valence-corrected chi connectivity index (χ4v) is 5.62. The number of nitrogens with one attached hydrogen (secondary N) is 1. The summed E-state index contributed by atoms with van der Waals surface area (Å²) in [6.45, 7) is 5.73. The van der Waals surface area contributed by atoms with E-state index in [0.717, 1.165) is 16.8 Å². The van der Waals surface area contributed by atoms with Crippen molar-refractivity contribution in [3.05, 3.63) is 124 Å². The fraction of sp³-hybridized carbons (Fsp3) is 0.188. The van der Waals surface area contributed by atoms with Gasteiger partial charge in [-0.25, -0.2) is 5.01 Å². The molecular formula is C32H31Cl2N5O3S. The number of ketones is 1. The van der Waals surface area contributed by atoms with Gasteiger partial charge in [0.15, 0.2) is 5.78 Å². The van der Waals surface area contributed by atoms with Gasteiger partial charge in [-0.2, -0.15) is 13.5 Å². The summed E-state index contributed by atoms with van der Waals surface area (Å²) in [5, 5.41) is 10.6. The molecule has 0 saturated carbocycles. The zero-order valence-electron chi connectivity index (χ0n) is 23.5. The van der Waals surface area contributed by atoms with E-state index >= 15 is 0 Å². The molecule has 0 radical (unpaired) electrons. The van der Waals surface area contributed by atoms with Crippen LogP contribution in [0.15, 0.2) is 122 Å². The van der Waals surface area contributed by atoms with Crippen molar-refractivity contribution in [3.8, 4) is 0 Å². The molecule has 0 aliphatic carbocycles. The van der Waals surface area contributed by atoms with Crippen LogP contribution in [0, 0.1) is 0 Å². The molecule has 3 aromatic carbocycles. The number of benzene rings is 3. The molecule has 0 fully saturated rings. The summed E-state index contributed by atoms with van der Waals surface area (Å²) in [4.78, 5) is 16.2. The van der Waals surface area contributed by atoms with Gasteiger partial charge in [0.2, 0.25) is 5.96 Å². The summed E-state index contributed by atoms with van der Waals surface area (Å²) < 4.78 is 30.9. The molecule has 1 aliphatic heterocycles. The van der Waals surface area contributed by atoms with Crippen LogP contribution in [0.25, 0.3) is 0 Å². The van der Waals surface area contributed by atoms with Crippen molar-refractivity contribution in [1.29, 1.82) is 0 Å². The number of carbonyl (C=O) groups is 1. The van der Waals surface area contributed by atoms with E-state index in [9.17, 15) is 13.2 Å². The Morgan fingerprint density at radius 3 is 2.35 bits per heavy atom. The first-order valence-corrected chi connectivity index (χ1v) is 15.7. The second-order valence-electron chi connectivity index (χ2n) is 9.71. The summed E-state index contributed by atoms with van der Waals surface area (Å²) in [6, 6.07) is 23.0. The number of hydrazone groups is 1. The minimum absolute atomic E-state index is 0.00470. The molecule has 0 aromatic heterocycles. The van der Waals surface area contributed by atoms with Crippen molar-refractivity contribution in [2.24, 2.45) is 14.5 Å². The number of allylic oxidation sites excluding steroid dienone is 3. The quantitative estimate of drug-likeness (QED) is 0.0836. The van der Waals surface area contributed by atoms with E-state index in [1.165, 1.54) is 30.5 Å². The van der Waals surface area contributed by atoms with Gasteiger partial charge in [0.05, 0.1) is 17.2 Å². The third kappa shape index (κ3) is 8.73. The summed E-state index contributed by atoms with van der Waals surface area (Å²) >= 11 is 12.1. The van der Waals surface area contributed by atoms with Gasteiger partial charge in [-0.05, 0) is 79.2 Å². The Balaban J connectivity index is 1.64. The number of hydrogen-bond acceptors (Lipinski definition) is 5. The summed E-state index contributed by atoms with van der Waals surface area (Å²) in [7, 11) is -4.12. The zero-order valence-corrected chi connectivity index (χ0v) is 25.9. The van der Waals surface area contributed by atoms with Crippen molar-refractivity contribution in [3.63, 3.8) is 0 Å². The van der Waals surface area contributed by atoms with Gasteiger partial charge in [-0.3, -0.25) is 9.79 Å². The number of carbonyl (C=O) groups excluding carboxylic acids is 1. The van der Waals surface area contributed by atoms with Crippen LogP contribution in [-0.2, 0) is 14.8 Å². The molecule has 0 amide bonds. The van der Waals surface area contributed by atoms with Crippen LogP contribution in [0.2, 0.25) is 10.0 Å². The van der Waals surface area contributed by atoms with Gasteiger partial charge < -0.3 is 5.32 Å². The van der Waals surface area contributed by atoms with E-state index in [-0.39, 0.29) is 35.5 Å². The molecule has 1 aliphatic rings. The number of aliphatic imine (C=N–C) groups is 1. The van der Waals surface area contributed by atoms with Gasteiger partial charge in [-0.1, -0.05) is 71.7 Å². The number of rotatable bonds is 11. The Morgan fingerprint density at radius 2 is 1.70 bits per heavy atom. The van der Waals surface area contributed by atoms with Crippen molar-refractivity contribution in [2.75, 3.05) is 13.1 Å². The molecule has 8 nitrogen and oxygen atoms in total. The Hall–Kier alpha value is -4.05. The second-order valence-corrected chi connectivity index (χ2v) is 12.2.